The molecular weight excluding hydrogens is 299 g/mol. The van der Waals surface area contributed by atoms with Gasteiger partial charge >= 0.3 is 6.18 Å². The first-order valence-electron chi connectivity index (χ1n) is 7.09. The monoisotopic (exact) mass is 317 g/mol. The molecule has 2 rings (SSSR count). The first-order valence-corrected chi connectivity index (χ1v) is 7.09. The zero-order chi connectivity index (χ0) is 16.0. The second-order valence-corrected chi connectivity index (χ2v) is 5.02. The highest BCUT2D eigenvalue weighted by Crippen LogP contribution is 2.27. The predicted octanol–water partition coefficient (Wildman–Crippen LogP) is 1.02. The fourth-order valence-electron chi connectivity index (χ4n) is 2.18. The molecule has 1 saturated heterocycles. The fraction of sp³-hybridized carbons (Fsp3) is 0.615. The van der Waals surface area contributed by atoms with E-state index in [1.807, 2.05) is 0 Å². The SMILES string of the molecule is O=C(NCCNc1nccc(C(F)(F)F)n1)C1CCCNC1. The Morgan fingerprint density at radius 3 is 2.91 bits per heavy atom. The second-order valence-electron chi connectivity index (χ2n) is 5.02. The minimum Gasteiger partial charge on any atom is -0.354 e. The third-order valence-corrected chi connectivity index (χ3v) is 3.32. The average molecular weight is 317 g/mol. The van der Waals surface area contributed by atoms with E-state index >= 15 is 0 Å². The van der Waals surface area contributed by atoms with Gasteiger partial charge in [0.25, 0.3) is 0 Å². The largest absolute Gasteiger partial charge is 0.433 e. The first kappa shape index (κ1) is 16.5. The molecule has 0 spiro atoms. The molecule has 1 aromatic heterocycles. The molecule has 0 aliphatic carbocycles. The lowest BCUT2D eigenvalue weighted by molar-refractivity contribution is -0.141. The standard InChI is InChI=1S/C13H18F3N5O/c14-13(15,16)10-3-5-19-12(21-10)20-7-6-18-11(22)9-2-1-4-17-8-9/h3,5,9,17H,1-2,4,6-8H2,(H,18,22)(H,19,20,21). The van der Waals surface area contributed by atoms with Gasteiger partial charge in [-0.3, -0.25) is 4.79 Å². The van der Waals surface area contributed by atoms with Gasteiger partial charge in [0, 0.05) is 25.8 Å². The maximum absolute atomic E-state index is 12.5. The van der Waals surface area contributed by atoms with Gasteiger partial charge in [0.1, 0.15) is 5.69 Å². The summed E-state index contributed by atoms with van der Waals surface area (Å²) in [6, 6.07) is 0.809. The Balaban J connectivity index is 1.73. The van der Waals surface area contributed by atoms with Gasteiger partial charge in [-0.25, -0.2) is 9.97 Å². The molecule has 9 heteroatoms. The number of amides is 1. The molecule has 1 aromatic rings. The zero-order valence-electron chi connectivity index (χ0n) is 11.9. The van der Waals surface area contributed by atoms with Crippen LogP contribution in [-0.4, -0.2) is 42.1 Å². The van der Waals surface area contributed by atoms with Crippen molar-refractivity contribution in [1.82, 2.24) is 20.6 Å². The van der Waals surface area contributed by atoms with Crippen LogP contribution in [0.15, 0.2) is 12.3 Å². The molecule has 2 heterocycles. The number of nitrogens with one attached hydrogen (secondary N) is 3. The van der Waals surface area contributed by atoms with Crippen molar-refractivity contribution < 1.29 is 18.0 Å². The van der Waals surface area contributed by atoms with Crippen LogP contribution >= 0.6 is 0 Å². The van der Waals surface area contributed by atoms with Gasteiger partial charge in [0.05, 0.1) is 5.92 Å². The van der Waals surface area contributed by atoms with Gasteiger partial charge in [-0.05, 0) is 25.5 Å². The minimum absolute atomic E-state index is 0.0426. The average Bonchev–Trinajstić information content (AvgIpc) is 2.52. The number of nitrogens with zero attached hydrogens (tertiary/aromatic N) is 2. The zero-order valence-corrected chi connectivity index (χ0v) is 11.9. The maximum atomic E-state index is 12.5. The Labute approximate surface area is 125 Å². The summed E-state index contributed by atoms with van der Waals surface area (Å²) >= 11 is 0. The Kier molecular flexibility index (Phi) is 5.53. The number of aromatic nitrogens is 2. The summed E-state index contributed by atoms with van der Waals surface area (Å²) in [6.07, 6.45) is -1.64. The molecule has 3 N–H and O–H groups in total. The number of halogens is 3. The molecule has 1 amide bonds. The number of rotatable bonds is 5. The molecule has 0 aromatic carbocycles. The van der Waals surface area contributed by atoms with Crippen molar-refractivity contribution in [1.29, 1.82) is 0 Å². The van der Waals surface area contributed by atoms with Gasteiger partial charge in [0.15, 0.2) is 0 Å². The third kappa shape index (κ3) is 4.83. The lowest BCUT2D eigenvalue weighted by Crippen LogP contribution is -2.41. The van der Waals surface area contributed by atoms with Gasteiger partial charge in [-0.1, -0.05) is 0 Å². The van der Waals surface area contributed by atoms with Crippen molar-refractivity contribution in [3.8, 4) is 0 Å². The van der Waals surface area contributed by atoms with Crippen LogP contribution in [0.3, 0.4) is 0 Å². The molecule has 0 radical (unpaired) electrons. The summed E-state index contributed by atoms with van der Waals surface area (Å²) in [4.78, 5) is 18.9. The molecule has 1 fully saturated rings. The van der Waals surface area contributed by atoms with Gasteiger partial charge < -0.3 is 16.0 Å². The smallest absolute Gasteiger partial charge is 0.354 e. The molecular formula is C13H18F3N5O. The molecule has 6 nitrogen and oxygen atoms in total. The summed E-state index contributed by atoms with van der Waals surface area (Å²) in [6.45, 7) is 2.15. The summed E-state index contributed by atoms with van der Waals surface area (Å²) in [5.41, 5.74) is -0.998. The van der Waals surface area contributed by atoms with E-state index in [4.69, 9.17) is 0 Å². The fourth-order valence-corrected chi connectivity index (χ4v) is 2.18. The van der Waals surface area contributed by atoms with Crippen LogP contribution in [0.25, 0.3) is 0 Å². The number of hydrogen-bond acceptors (Lipinski definition) is 5. The van der Waals surface area contributed by atoms with Crippen LogP contribution in [0, 0.1) is 5.92 Å². The molecule has 0 saturated carbocycles. The van der Waals surface area contributed by atoms with Crippen LogP contribution in [-0.2, 0) is 11.0 Å². The van der Waals surface area contributed by atoms with E-state index in [-0.39, 0.29) is 24.3 Å². The number of carbonyl (C=O) groups is 1. The molecule has 1 aliphatic rings. The Bertz CT molecular complexity index is 503. The van der Waals surface area contributed by atoms with Gasteiger partial charge in [-0.15, -0.1) is 0 Å². The molecule has 1 atom stereocenters. The summed E-state index contributed by atoms with van der Waals surface area (Å²) < 4.78 is 37.5. The lowest BCUT2D eigenvalue weighted by atomic mass is 9.99. The third-order valence-electron chi connectivity index (χ3n) is 3.32. The number of alkyl halides is 3. The van der Waals surface area contributed by atoms with Crippen molar-refractivity contribution in [2.24, 2.45) is 5.92 Å². The van der Waals surface area contributed by atoms with Crippen LogP contribution < -0.4 is 16.0 Å². The number of hydrogen-bond donors (Lipinski definition) is 3. The number of anilines is 1. The Morgan fingerprint density at radius 1 is 1.41 bits per heavy atom. The topological polar surface area (TPSA) is 78.9 Å². The van der Waals surface area contributed by atoms with Crippen LogP contribution in [0.4, 0.5) is 19.1 Å². The normalized spacial score (nSPS) is 18.8. The van der Waals surface area contributed by atoms with Crippen LogP contribution in [0.2, 0.25) is 0 Å². The molecule has 122 valence electrons. The summed E-state index contributed by atoms with van der Waals surface area (Å²) in [7, 11) is 0. The quantitative estimate of drug-likeness (QED) is 0.707. The van der Waals surface area contributed by atoms with E-state index in [0.717, 1.165) is 31.6 Å². The van der Waals surface area contributed by atoms with E-state index in [9.17, 15) is 18.0 Å². The predicted molar refractivity (Wildman–Crippen MR) is 74.1 cm³/mol. The molecule has 1 aliphatic heterocycles. The van der Waals surface area contributed by atoms with E-state index in [1.165, 1.54) is 0 Å². The highest BCUT2D eigenvalue weighted by atomic mass is 19.4. The van der Waals surface area contributed by atoms with Crippen molar-refractivity contribution in [3.63, 3.8) is 0 Å². The first-order chi connectivity index (χ1) is 10.5. The highest BCUT2D eigenvalue weighted by molar-refractivity contribution is 5.78. The van der Waals surface area contributed by atoms with E-state index in [1.54, 1.807) is 0 Å². The van der Waals surface area contributed by atoms with Gasteiger partial charge in [0.2, 0.25) is 11.9 Å². The van der Waals surface area contributed by atoms with E-state index in [2.05, 4.69) is 25.9 Å². The Hall–Kier alpha value is -1.90. The van der Waals surface area contributed by atoms with Crippen LogP contribution in [0.5, 0.6) is 0 Å². The van der Waals surface area contributed by atoms with Crippen molar-refractivity contribution in [2.75, 3.05) is 31.5 Å². The van der Waals surface area contributed by atoms with E-state index < -0.39 is 11.9 Å². The number of piperidine rings is 1. The minimum atomic E-state index is -4.50. The molecule has 22 heavy (non-hydrogen) atoms. The van der Waals surface area contributed by atoms with Gasteiger partial charge in [-0.2, -0.15) is 13.2 Å². The number of carbonyl (C=O) groups excluding carboxylic acids is 1. The Morgan fingerprint density at radius 2 is 2.23 bits per heavy atom. The molecule has 1 unspecified atom stereocenters. The summed E-state index contributed by atoms with van der Waals surface area (Å²) in [5, 5.41) is 8.56. The van der Waals surface area contributed by atoms with Crippen LogP contribution in [0.1, 0.15) is 18.5 Å². The summed E-state index contributed by atoms with van der Waals surface area (Å²) in [5.74, 6) is -0.194. The van der Waals surface area contributed by atoms with Crippen molar-refractivity contribution >= 4 is 11.9 Å². The lowest BCUT2D eigenvalue weighted by Gasteiger charge is -2.21. The second kappa shape index (κ2) is 7.39. The van der Waals surface area contributed by atoms with Crippen molar-refractivity contribution in [2.45, 2.75) is 19.0 Å². The highest BCUT2D eigenvalue weighted by Gasteiger charge is 2.32. The van der Waals surface area contributed by atoms with Crippen molar-refractivity contribution in [3.05, 3.63) is 18.0 Å². The maximum Gasteiger partial charge on any atom is 0.433 e. The molecule has 0 bridgehead atoms. The van der Waals surface area contributed by atoms with E-state index in [0.29, 0.717) is 13.1 Å².